The first kappa shape index (κ1) is 12.2. The van der Waals surface area contributed by atoms with Gasteiger partial charge in [-0.2, -0.15) is 0 Å². The molecule has 1 aliphatic carbocycles. The number of nitrogens with two attached hydrogens (primary N) is 1. The maximum atomic E-state index is 12.3. The van der Waals surface area contributed by atoms with Gasteiger partial charge < -0.3 is 20.5 Å². The number of hydrogen-bond donors (Lipinski definition) is 2. The van der Waals surface area contributed by atoms with Gasteiger partial charge in [0.1, 0.15) is 13.2 Å². The first-order chi connectivity index (χ1) is 9.15. The van der Waals surface area contributed by atoms with Crippen LogP contribution in [0.1, 0.15) is 23.2 Å². The number of carbonyl (C=O) groups excluding carboxylic acids is 1. The van der Waals surface area contributed by atoms with Gasteiger partial charge in [0.2, 0.25) is 0 Å². The number of carbonyl (C=O) groups is 1. The van der Waals surface area contributed by atoms with Crippen LogP contribution in [0, 0.1) is 5.92 Å². The molecule has 0 amide bonds. The first-order valence-corrected chi connectivity index (χ1v) is 6.60. The topological polar surface area (TPSA) is 73.6 Å². The van der Waals surface area contributed by atoms with Crippen molar-refractivity contribution in [1.29, 1.82) is 0 Å². The van der Waals surface area contributed by atoms with Gasteiger partial charge in [0.15, 0.2) is 22.4 Å². The highest BCUT2D eigenvalue weighted by Crippen LogP contribution is 2.40. The number of thiocarbonyl (C=S) groups is 1. The van der Waals surface area contributed by atoms with Gasteiger partial charge in [-0.15, -0.1) is 0 Å². The molecule has 1 aliphatic heterocycles. The van der Waals surface area contributed by atoms with Gasteiger partial charge in [0.25, 0.3) is 0 Å². The summed E-state index contributed by atoms with van der Waals surface area (Å²) in [5, 5.41) is 2.97. The zero-order chi connectivity index (χ0) is 13.4. The van der Waals surface area contributed by atoms with E-state index in [1.54, 1.807) is 12.1 Å². The SMILES string of the molecule is NC(=S)Nc1cc2c(cc1C(=O)C1CC1)OCCO2. The molecule has 0 spiro atoms. The van der Waals surface area contributed by atoms with E-state index in [9.17, 15) is 4.79 Å². The quantitative estimate of drug-likeness (QED) is 0.647. The minimum absolute atomic E-state index is 0.107. The van der Waals surface area contributed by atoms with Crippen LogP contribution in [0.4, 0.5) is 5.69 Å². The van der Waals surface area contributed by atoms with Crippen molar-refractivity contribution in [2.75, 3.05) is 18.5 Å². The summed E-state index contributed by atoms with van der Waals surface area (Å²) in [6, 6.07) is 3.44. The lowest BCUT2D eigenvalue weighted by molar-refractivity contribution is 0.0967. The highest BCUT2D eigenvalue weighted by atomic mass is 32.1. The van der Waals surface area contributed by atoms with Crippen molar-refractivity contribution in [2.45, 2.75) is 12.8 Å². The van der Waals surface area contributed by atoms with Crippen molar-refractivity contribution in [3.8, 4) is 11.5 Å². The lowest BCUT2D eigenvalue weighted by Gasteiger charge is -2.21. The molecule has 19 heavy (non-hydrogen) atoms. The van der Waals surface area contributed by atoms with Gasteiger partial charge in [0.05, 0.1) is 5.69 Å². The summed E-state index contributed by atoms with van der Waals surface area (Å²) in [6.07, 6.45) is 1.89. The second kappa shape index (κ2) is 4.70. The van der Waals surface area contributed by atoms with Crippen LogP contribution in [-0.2, 0) is 0 Å². The van der Waals surface area contributed by atoms with Gasteiger partial charge in [-0.25, -0.2) is 0 Å². The molecule has 3 N–H and O–H groups in total. The first-order valence-electron chi connectivity index (χ1n) is 6.19. The minimum Gasteiger partial charge on any atom is -0.486 e. The third-order valence-electron chi connectivity index (χ3n) is 3.15. The summed E-state index contributed by atoms with van der Waals surface area (Å²) in [5.74, 6) is 1.44. The van der Waals surface area contributed by atoms with Crippen molar-refractivity contribution in [1.82, 2.24) is 0 Å². The van der Waals surface area contributed by atoms with E-state index in [-0.39, 0.29) is 16.8 Å². The fraction of sp³-hybridized carbons (Fsp3) is 0.385. The van der Waals surface area contributed by atoms with E-state index in [1.807, 2.05) is 0 Å². The lowest BCUT2D eigenvalue weighted by Crippen LogP contribution is -2.22. The summed E-state index contributed by atoms with van der Waals surface area (Å²) < 4.78 is 11.0. The van der Waals surface area contributed by atoms with E-state index >= 15 is 0 Å². The summed E-state index contributed by atoms with van der Waals surface area (Å²) in [5.41, 5.74) is 6.66. The average Bonchev–Trinajstić information content (AvgIpc) is 3.20. The summed E-state index contributed by atoms with van der Waals surface area (Å²) in [4.78, 5) is 12.3. The molecule has 1 heterocycles. The van der Waals surface area contributed by atoms with Crippen LogP contribution in [0.25, 0.3) is 0 Å². The fourth-order valence-corrected chi connectivity index (χ4v) is 2.20. The normalized spacial score (nSPS) is 16.8. The number of ether oxygens (including phenoxy) is 2. The van der Waals surface area contributed by atoms with Crippen LogP contribution < -0.4 is 20.5 Å². The Bertz CT molecular complexity index is 555. The third kappa shape index (κ3) is 2.49. The monoisotopic (exact) mass is 278 g/mol. The Morgan fingerprint density at radius 1 is 1.26 bits per heavy atom. The fourth-order valence-electron chi connectivity index (χ4n) is 2.09. The third-order valence-corrected chi connectivity index (χ3v) is 3.26. The molecule has 3 rings (SSSR count). The highest BCUT2D eigenvalue weighted by Gasteiger charge is 2.33. The van der Waals surface area contributed by atoms with E-state index in [1.165, 1.54) is 0 Å². The standard InChI is InChI=1S/C13H14N2O3S/c14-13(19)15-9-6-11-10(17-3-4-18-11)5-8(9)12(16)7-1-2-7/h5-7H,1-4H2,(H3,14,15,19). The molecule has 0 radical (unpaired) electrons. The molecule has 0 atom stereocenters. The van der Waals surface area contributed by atoms with Crippen molar-refractivity contribution in [3.63, 3.8) is 0 Å². The van der Waals surface area contributed by atoms with Gasteiger partial charge in [0, 0.05) is 17.5 Å². The maximum absolute atomic E-state index is 12.3. The second-order valence-corrected chi connectivity index (χ2v) is 5.11. The van der Waals surface area contributed by atoms with Crippen LogP contribution in [0.3, 0.4) is 0 Å². The molecule has 1 saturated carbocycles. The smallest absolute Gasteiger partial charge is 0.168 e. The number of fused-ring (bicyclic) bond motifs is 1. The van der Waals surface area contributed by atoms with Gasteiger partial charge in [-0.1, -0.05) is 0 Å². The van der Waals surface area contributed by atoms with E-state index in [2.05, 4.69) is 5.32 Å². The average molecular weight is 278 g/mol. The molecule has 0 aromatic heterocycles. The van der Waals surface area contributed by atoms with Crippen molar-refractivity contribution in [3.05, 3.63) is 17.7 Å². The zero-order valence-electron chi connectivity index (χ0n) is 10.3. The molecular weight excluding hydrogens is 264 g/mol. The molecule has 2 aliphatic rings. The second-order valence-electron chi connectivity index (χ2n) is 4.67. The van der Waals surface area contributed by atoms with Gasteiger partial charge in [-0.3, -0.25) is 4.79 Å². The molecular formula is C13H14N2O3S. The number of Topliss-reactive ketones (excluding diaryl/α,β-unsaturated/α-hetero) is 1. The number of anilines is 1. The predicted molar refractivity (Wildman–Crippen MR) is 74.9 cm³/mol. The van der Waals surface area contributed by atoms with E-state index in [0.717, 1.165) is 12.8 Å². The maximum Gasteiger partial charge on any atom is 0.168 e. The minimum atomic E-state index is 0.107. The number of benzene rings is 1. The van der Waals surface area contributed by atoms with Crippen LogP contribution in [0.5, 0.6) is 11.5 Å². The number of hydrogen-bond acceptors (Lipinski definition) is 4. The summed E-state index contributed by atoms with van der Waals surface area (Å²) in [7, 11) is 0. The Kier molecular flexibility index (Phi) is 3.02. The Morgan fingerprint density at radius 3 is 2.47 bits per heavy atom. The van der Waals surface area contributed by atoms with Gasteiger partial charge in [-0.05, 0) is 31.1 Å². The van der Waals surface area contributed by atoms with E-state index < -0.39 is 0 Å². The van der Waals surface area contributed by atoms with Crippen molar-refractivity contribution in [2.24, 2.45) is 11.7 Å². The Morgan fingerprint density at radius 2 is 1.89 bits per heavy atom. The Labute approximate surface area is 116 Å². The van der Waals surface area contributed by atoms with Crippen LogP contribution in [0.2, 0.25) is 0 Å². The van der Waals surface area contributed by atoms with Crippen molar-refractivity contribution >= 4 is 28.8 Å². The largest absolute Gasteiger partial charge is 0.486 e. The van der Waals surface area contributed by atoms with Gasteiger partial charge >= 0.3 is 0 Å². The Balaban J connectivity index is 2.02. The predicted octanol–water partition coefficient (Wildman–Crippen LogP) is 1.71. The molecule has 1 fully saturated rings. The number of nitrogens with one attached hydrogen (secondary N) is 1. The molecule has 5 nitrogen and oxygen atoms in total. The van der Waals surface area contributed by atoms with Crippen LogP contribution >= 0.6 is 12.2 Å². The highest BCUT2D eigenvalue weighted by molar-refractivity contribution is 7.80. The molecule has 100 valence electrons. The number of ketones is 1. The zero-order valence-corrected chi connectivity index (χ0v) is 11.1. The molecule has 1 aromatic rings. The van der Waals surface area contributed by atoms with E-state index in [4.69, 9.17) is 27.4 Å². The van der Waals surface area contributed by atoms with Crippen molar-refractivity contribution < 1.29 is 14.3 Å². The summed E-state index contributed by atoms with van der Waals surface area (Å²) >= 11 is 4.84. The Hall–Kier alpha value is -1.82. The summed E-state index contributed by atoms with van der Waals surface area (Å²) in [6.45, 7) is 0.988. The van der Waals surface area contributed by atoms with Crippen LogP contribution in [-0.4, -0.2) is 24.1 Å². The molecule has 6 heteroatoms. The molecule has 0 bridgehead atoms. The molecule has 1 aromatic carbocycles. The lowest BCUT2D eigenvalue weighted by atomic mass is 10.0. The molecule has 0 saturated heterocycles. The number of rotatable bonds is 3. The van der Waals surface area contributed by atoms with Crippen LogP contribution in [0.15, 0.2) is 12.1 Å². The molecule has 0 unspecified atom stereocenters. The van der Waals surface area contributed by atoms with E-state index in [0.29, 0.717) is 36.0 Å².